The number of carbonyl (C=O) groups is 4. The van der Waals surface area contributed by atoms with Crippen molar-refractivity contribution in [2.24, 2.45) is 0 Å². The highest BCUT2D eigenvalue weighted by atomic mass is 32.2. The Kier molecular flexibility index (Phi) is 7.83. The molecule has 13 heteroatoms. The number of likely N-dealkylation sites (tertiary alicyclic amines) is 1. The molecule has 232 valence electrons. The van der Waals surface area contributed by atoms with Crippen molar-refractivity contribution in [1.82, 2.24) is 24.3 Å². The highest BCUT2D eigenvalue weighted by molar-refractivity contribution is 7.89. The molecule has 0 aliphatic carbocycles. The molecule has 0 saturated carbocycles. The van der Waals surface area contributed by atoms with E-state index in [2.05, 4.69) is 20.0 Å². The third-order valence-corrected chi connectivity index (χ3v) is 11.3. The van der Waals surface area contributed by atoms with Crippen molar-refractivity contribution in [2.45, 2.75) is 48.7 Å². The van der Waals surface area contributed by atoms with Crippen LogP contribution in [0.3, 0.4) is 0 Å². The SMILES string of the molecule is Nc1ccc([S+]([O-])N2CCN(C3CCN(C4CN(c5cccc6c5C(=O)N(C5CCC(=O)NC5=O)C6=O)C4)CC3)CC2)cc1. The van der Waals surface area contributed by atoms with Gasteiger partial charge in [-0.05, 0) is 55.7 Å². The van der Waals surface area contributed by atoms with E-state index in [1.54, 1.807) is 24.3 Å². The van der Waals surface area contributed by atoms with Crippen LogP contribution in [0, 0.1) is 0 Å². The lowest BCUT2D eigenvalue weighted by molar-refractivity contribution is -0.136. The first-order valence-electron chi connectivity index (χ1n) is 15.4. The zero-order valence-electron chi connectivity index (χ0n) is 24.5. The molecule has 2 aromatic carbocycles. The Morgan fingerprint density at radius 2 is 1.48 bits per heavy atom. The summed E-state index contributed by atoms with van der Waals surface area (Å²) in [6.45, 7) is 6.93. The van der Waals surface area contributed by atoms with E-state index in [0.29, 0.717) is 28.9 Å². The van der Waals surface area contributed by atoms with Crippen molar-refractivity contribution < 1.29 is 23.7 Å². The van der Waals surface area contributed by atoms with Crippen LogP contribution in [0.2, 0.25) is 0 Å². The highest BCUT2D eigenvalue weighted by Crippen LogP contribution is 2.37. The predicted molar refractivity (Wildman–Crippen MR) is 164 cm³/mol. The molecule has 0 radical (unpaired) electrons. The summed E-state index contributed by atoms with van der Waals surface area (Å²) in [5, 5.41) is 2.25. The van der Waals surface area contributed by atoms with Gasteiger partial charge in [-0.15, -0.1) is 4.31 Å². The summed E-state index contributed by atoms with van der Waals surface area (Å²) >= 11 is -1.17. The Morgan fingerprint density at radius 1 is 0.795 bits per heavy atom. The molecular weight excluding hydrogens is 582 g/mol. The lowest BCUT2D eigenvalue weighted by Gasteiger charge is -2.50. The molecule has 12 nitrogen and oxygen atoms in total. The Labute approximate surface area is 259 Å². The monoisotopic (exact) mass is 619 g/mol. The summed E-state index contributed by atoms with van der Waals surface area (Å²) in [4.78, 5) is 59.8. The van der Waals surface area contributed by atoms with E-state index >= 15 is 0 Å². The van der Waals surface area contributed by atoms with Gasteiger partial charge < -0.3 is 15.2 Å². The Balaban J connectivity index is 0.910. The first-order valence-corrected chi connectivity index (χ1v) is 16.5. The number of nitrogen functional groups attached to an aromatic ring is 1. The van der Waals surface area contributed by atoms with Crippen LogP contribution in [0.25, 0.3) is 0 Å². The molecule has 0 spiro atoms. The van der Waals surface area contributed by atoms with Crippen molar-refractivity contribution in [2.75, 3.05) is 63.0 Å². The minimum Gasteiger partial charge on any atom is -0.593 e. The molecular formula is C31H37N7O5S. The van der Waals surface area contributed by atoms with Crippen LogP contribution in [-0.2, 0) is 21.0 Å². The molecule has 5 heterocycles. The number of fused-ring (bicyclic) bond motifs is 1. The van der Waals surface area contributed by atoms with Crippen LogP contribution >= 0.6 is 0 Å². The maximum absolute atomic E-state index is 13.5. The number of nitrogens with zero attached hydrogens (tertiary/aromatic N) is 5. The minimum atomic E-state index is -1.17. The lowest BCUT2D eigenvalue weighted by Crippen LogP contribution is -2.62. The lowest BCUT2D eigenvalue weighted by atomic mass is 9.96. The fraction of sp³-hybridized carbons (Fsp3) is 0.484. The van der Waals surface area contributed by atoms with Gasteiger partial charge in [-0.2, -0.15) is 0 Å². The molecule has 5 aliphatic rings. The van der Waals surface area contributed by atoms with Crippen LogP contribution < -0.4 is 16.0 Å². The molecule has 4 saturated heterocycles. The van der Waals surface area contributed by atoms with Gasteiger partial charge in [-0.1, -0.05) is 6.07 Å². The predicted octanol–water partition coefficient (Wildman–Crippen LogP) is 0.663. The van der Waals surface area contributed by atoms with Crippen LogP contribution in [0.4, 0.5) is 11.4 Å². The van der Waals surface area contributed by atoms with Gasteiger partial charge in [-0.3, -0.25) is 39.2 Å². The van der Waals surface area contributed by atoms with E-state index in [4.69, 9.17) is 5.73 Å². The second kappa shape index (κ2) is 11.8. The zero-order chi connectivity index (χ0) is 30.5. The van der Waals surface area contributed by atoms with Gasteiger partial charge in [0.1, 0.15) is 6.04 Å². The molecule has 2 unspecified atom stereocenters. The first kappa shape index (κ1) is 29.2. The van der Waals surface area contributed by atoms with Crippen LogP contribution in [0.15, 0.2) is 47.4 Å². The largest absolute Gasteiger partial charge is 0.593 e. The van der Waals surface area contributed by atoms with Gasteiger partial charge in [0.15, 0.2) is 4.90 Å². The zero-order valence-corrected chi connectivity index (χ0v) is 25.3. The average molecular weight is 620 g/mol. The molecule has 44 heavy (non-hydrogen) atoms. The molecule has 3 N–H and O–H groups in total. The van der Waals surface area contributed by atoms with Crippen molar-refractivity contribution in [3.8, 4) is 0 Å². The van der Waals surface area contributed by atoms with Gasteiger partial charge in [0, 0.05) is 63.5 Å². The summed E-state index contributed by atoms with van der Waals surface area (Å²) in [7, 11) is 0. The minimum absolute atomic E-state index is 0.100. The maximum atomic E-state index is 13.5. The van der Waals surface area contributed by atoms with E-state index in [9.17, 15) is 23.7 Å². The van der Waals surface area contributed by atoms with Crippen molar-refractivity contribution in [3.63, 3.8) is 0 Å². The number of rotatable bonds is 6. The standard InChI is InChI=1S/C31H37N7O5S/c32-20-4-6-23(7-5-20)44(43)37-16-14-35(15-17-37)21-10-12-34(13-11-21)22-18-36(19-22)25-3-1-2-24-28(25)31(42)38(30(24)41)26-8-9-27(39)33-29(26)40/h1-7,21-22,26H,8-19,32H2,(H,33,39,40). The number of hydrogen-bond donors (Lipinski definition) is 2. The molecule has 4 fully saturated rings. The second-order valence-electron chi connectivity index (χ2n) is 12.3. The quantitative estimate of drug-likeness (QED) is 0.269. The number of hydrogen-bond acceptors (Lipinski definition) is 10. The number of imide groups is 2. The maximum Gasteiger partial charge on any atom is 0.264 e. The molecule has 7 rings (SSSR count). The number of anilines is 2. The number of nitrogens with one attached hydrogen (secondary N) is 1. The summed E-state index contributed by atoms with van der Waals surface area (Å²) in [5.74, 6) is -1.92. The van der Waals surface area contributed by atoms with Crippen LogP contribution in [0.5, 0.6) is 0 Å². The van der Waals surface area contributed by atoms with E-state index in [1.807, 2.05) is 22.5 Å². The second-order valence-corrected chi connectivity index (χ2v) is 13.7. The molecule has 2 aromatic rings. The van der Waals surface area contributed by atoms with Crippen molar-refractivity contribution in [1.29, 1.82) is 0 Å². The van der Waals surface area contributed by atoms with Gasteiger partial charge in [0.2, 0.25) is 11.8 Å². The Hall–Kier alpha value is -3.49. The fourth-order valence-corrected chi connectivity index (χ4v) is 8.39. The summed E-state index contributed by atoms with van der Waals surface area (Å²) in [6, 6.07) is 12.5. The third-order valence-electron chi connectivity index (χ3n) is 9.77. The molecule has 0 aromatic heterocycles. The van der Waals surface area contributed by atoms with Crippen molar-refractivity contribution >= 4 is 46.4 Å². The van der Waals surface area contributed by atoms with Crippen LogP contribution in [0.1, 0.15) is 46.4 Å². The topological polar surface area (TPSA) is 146 Å². The van der Waals surface area contributed by atoms with E-state index in [-0.39, 0.29) is 18.7 Å². The number of benzene rings is 2. The highest BCUT2D eigenvalue weighted by Gasteiger charge is 2.47. The first-order chi connectivity index (χ1) is 21.3. The normalized spacial score (nSPS) is 25.2. The smallest absolute Gasteiger partial charge is 0.264 e. The van der Waals surface area contributed by atoms with Crippen molar-refractivity contribution in [3.05, 3.63) is 53.6 Å². The third kappa shape index (κ3) is 5.26. The molecule has 0 bridgehead atoms. The van der Waals surface area contributed by atoms with Gasteiger partial charge >= 0.3 is 0 Å². The van der Waals surface area contributed by atoms with Crippen LogP contribution in [-0.4, -0.2) is 118 Å². The molecule has 4 amide bonds. The number of piperidine rings is 2. The number of nitrogens with two attached hydrogens (primary N) is 1. The number of piperazine rings is 1. The van der Waals surface area contributed by atoms with E-state index < -0.39 is 35.1 Å². The average Bonchev–Trinajstić information content (AvgIpc) is 3.27. The summed E-state index contributed by atoms with van der Waals surface area (Å²) in [6.07, 6.45) is 2.42. The number of amides is 4. The van der Waals surface area contributed by atoms with E-state index in [0.717, 1.165) is 80.7 Å². The summed E-state index contributed by atoms with van der Waals surface area (Å²) in [5.41, 5.74) is 7.85. The van der Waals surface area contributed by atoms with Gasteiger partial charge in [-0.25, -0.2) is 0 Å². The summed E-state index contributed by atoms with van der Waals surface area (Å²) < 4.78 is 15.0. The fourth-order valence-electron chi connectivity index (χ4n) is 7.23. The van der Waals surface area contributed by atoms with Gasteiger partial charge in [0.05, 0.1) is 41.3 Å². The number of carbonyl (C=O) groups excluding carboxylic acids is 4. The molecule has 5 aliphatic heterocycles. The molecule has 2 atom stereocenters. The van der Waals surface area contributed by atoms with E-state index in [1.165, 1.54) is 0 Å². The van der Waals surface area contributed by atoms with Gasteiger partial charge in [0.25, 0.3) is 11.8 Å². The Bertz CT molecular complexity index is 1470. The Morgan fingerprint density at radius 3 is 2.16 bits per heavy atom.